The van der Waals surface area contributed by atoms with Crippen LogP contribution in [0.15, 0.2) is 66.8 Å². The van der Waals surface area contributed by atoms with E-state index in [0.29, 0.717) is 56.5 Å². The number of ketones is 1. The van der Waals surface area contributed by atoms with E-state index in [1.165, 1.54) is 0 Å². The van der Waals surface area contributed by atoms with Crippen LogP contribution in [0.3, 0.4) is 0 Å². The number of aliphatic hydroxyl groups is 1. The highest BCUT2D eigenvalue weighted by Gasteiger charge is 2.45. The number of Topliss-reactive ketones (excluding diaryl/α,β-unsaturated/α-hetero) is 1. The van der Waals surface area contributed by atoms with Crippen molar-refractivity contribution in [2.75, 3.05) is 52.6 Å². The molecule has 2 aliphatic rings. The maximum absolute atomic E-state index is 13.3. The summed E-state index contributed by atoms with van der Waals surface area (Å²) in [7, 11) is 0. The van der Waals surface area contributed by atoms with Gasteiger partial charge in [0.2, 0.25) is 0 Å². The zero-order chi connectivity index (χ0) is 27.6. The van der Waals surface area contributed by atoms with Crippen molar-refractivity contribution in [3.63, 3.8) is 0 Å². The second-order valence-electron chi connectivity index (χ2n) is 9.70. The molecule has 8 heteroatoms. The lowest BCUT2D eigenvalue weighted by Gasteiger charge is -2.29. The van der Waals surface area contributed by atoms with Crippen molar-refractivity contribution >= 4 is 17.4 Å². The minimum absolute atomic E-state index is 0.0887. The van der Waals surface area contributed by atoms with Crippen LogP contribution in [0, 0.1) is 0 Å². The first-order valence-corrected chi connectivity index (χ1v) is 13.7. The lowest BCUT2D eigenvalue weighted by molar-refractivity contribution is -0.140. The Balaban J connectivity index is 1.61. The average Bonchev–Trinajstić information content (AvgIpc) is 3.22. The molecule has 208 valence electrons. The molecule has 1 atom stereocenters. The van der Waals surface area contributed by atoms with Crippen molar-refractivity contribution in [1.29, 1.82) is 0 Å². The molecule has 0 spiro atoms. The molecule has 2 heterocycles. The summed E-state index contributed by atoms with van der Waals surface area (Å²) in [6.07, 6.45) is 4.35. The highest BCUT2D eigenvalue weighted by atomic mass is 16.5. The molecule has 0 aliphatic carbocycles. The molecule has 39 heavy (non-hydrogen) atoms. The molecule has 2 aliphatic heterocycles. The van der Waals surface area contributed by atoms with Crippen molar-refractivity contribution in [2.45, 2.75) is 32.2 Å². The highest BCUT2D eigenvalue weighted by molar-refractivity contribution is 6.46. The van der Waals surface area contributed by atoms with Gasteiger partial charge in [0.15, 0.2) is 0 Å². The van der Waals surface area contributed by atoms with E-state index in [4.69, 9.17) is 14.2 Å². The molecule has 0 saturated carbocycles. The number of ether oxygens (including phenoxy) is 3. The van der Waals surface area contributed by atoms with Crippen LogP contribution in [-0.2, 0) is 14.3 Å². The van der Waals surface area contributed by atoms with E-state index in [2.05, 4.69) is 18.4 Å². The third-order valence-corrected chi connectivity index (χ3v) is 6.98. The smallest absolute Gasteiger partial charge is 0.295 e. The minimum atomic E-state index is -0.705. The third-order valence-electron chi connectivity index (χ3n) is 6.98. The van der Waals surface area contributed by atoms with Crippen molar-refractivity contribution in [2.24, 2.45) is 0 Å². The fourth-order valence-electron chi connectivity index (χ4n) is 4.85. The second kappa shape index (κ2) is 14.0. The van der Waals surface area contributed by atoms with Gasteiger partial charge in [-0.05, 0) is 54.8 Å². The van der Waals surface area contributed by atoms with E-state index in [9.17, 15) is 14.7 Å². The predicted molar refractivity (Wildman–Crippen MR) is 150 cm³/mol. The summed E-state index contributed by atoms with van der Waals surface area (Å²) in [6, 6.07) is 13.5. The van der Waals surface area contributed by atoms with Gasteiger partial charge in [-0.1, -0.05) is 38.1 Å². The first-order chi connectivity index (χ1) is 19.0. The van der Waals surface area contributed by atoms with Crippen LogP contribution in [0.1, 0.15) is 43.4 Å². The van der Waals surface area contributed by atoms with Gasteiger partial charge >= 0.3 is 0 Å². The van der Waals surface area contributed by atoms with Crippen LogP contribution in [-0.4, -0.2) is 79.2 Å². The zero-order valence-electron chi connectivity index (χ0n) is 22.6. The topological polar surface area (TPSA) is 88.5 Å². The summed E-state index contributed by atoms with van der Waals surface area (Å²) in [6.45, 7) is 11.1. The average molecular weight is 535 g/mol. The van der Waals surface area contributed by atoms with Crippen LogP contribution in [0.5, 0.6) is 11.5 Å². The minimum Gasteiger partial charge on any atom is -0.507 e. The Labute approximate surface area is 230 Å². The summed E-state index contributed by atoms with van der Waals surface area (Å²) in [4.78, 5) is 30.5. The summed E-state index contributed by atoms with van der Waals surface area (Å²) in [5.74, 6) is -0.132. The van der Waals surface area contributed by atoms with Gasteiger partial charge in [-0.2, -0.15) is 0 Å². The van der Waals surface area contributed by atoms with E-state index >= 15 is 0 Å². The largest absolute Gasteiger partial charge is 0.507 e. The zero-order valence-corrected chi connectivity index (χ0v) is 22.6. The molecule has 1 N–H and O–H groups in total. The lowest BCUT2D eigenvalue weighted by atomic mass is 9.95. The van der Waals surface area contributed by atoms with Gasteiger partial charge in [0.05, 0.1) is 31.4 Å². The SMILES string of the molecule is C=CCOc1ccc(C2/C(=C(\O)c3ccc(OCCCC)cc3)C(=O)C(=O)N2CCCN2CCOCC2)cc1. The maximum Gasteiger partial charge on any atom is 0.295 e. The van der Waals surface area contributed by atoms with Gasteiger partial charge in [0, 0.05) is 31.7 Å². The quantitative estimate of drug-likeness (QED) is 0.132. The number of likely N-dealkylation sites (tertiary alicyclic amines) is 1. The van der Waals surface area contributed by atoms with Crippen molar-refractivity contribution in [3.05, 3.63) is 77.9 Å². The number of amides is 1. The van der Waals surface area contributed by atoms with Crippen LogP contribution >= 0.6 is 0 Å². The predicted octanol–water partition coefficient (Wildman–Crippen LogP) is 4.57. The molecule has 1 amide bonds. The molecule has 2 aromatic carbocycles. The summed E-state index contributed by atoms with van der Waals surface area (Å²) in [5, 5.41) is 11.3. The Morgan fingerprint density at radius 2 is 1.67 bits per heavy atom. The Hall–Kier alpha value is -3.62. The van der Waals surface area contributed by atoms with E-state index in [1.54, 1.807) is 47.4 Å². The molecule has 2 fully saturated rings. The van der Waals surface area contributed by atoms with Gasteiger partial charge in [0.25, 0.3) is 11.7 Å². The maximum atomic E-state index is 13.3. The number of morpholine rings is 1. The van der Waals surface area contributed by atoms with Gasteiger partial charge in [0.1, 0.15) is 23.9 Å². The van der Waals surface area contributed by atoms with E-state index in [1.807, 2.05) is 12.1 Å². The number of nitrogens with zero attached hydrogens (tertiary/aromatic N) is 2. The van der Waals surface area contributed by atoms with Crippen molar-refractivity contribution < 1.29 is 28.9 Å². The van der Waals surface area contributed by atoms with Crippen LogP contribution in [0.4, 0.5) is 0 Å². The number of hydrogen-bond acceptors (Lipinski definition) is 7. The number of aliphatic hydroxyl groups excluding tert-OH is 1. The summed E-state index contributed by atoms with van der Waals surface area (Å²) in [5.41, 5.74) is 1.28. The number of hydrogen-bond donors (Lipinski definition) is 1. The Morgan fingerprint density at radius 3 is 2.33 bits per heavy atom. The Bertz CT molecular complexity index is 1150. The number of carbonyl (C=O) groups is 2. The molecule has 2 saturated heterocycles. The molecule has 4 rings (SSSR count). The van der Waals surface area contributed by atoms with Gasteiger partial charge in [-0.3, -0.25) is 14.5 Å². The van der Waals surface area contributed by atoms with Gasteiger partial charge in [-0.25, -0.2) is 0 Å². The summed E-state index contributed by atoms with van der Waals surface area (Å²) < 4.78 is 16.8. The van der Waals surface area contributed by atoms with Gasteiger partial charge in [-0.15, -0.1) is 0 Å². The standard InChI is InChI=1S/C31H38N2O6/c1-3-5-20-39-26-13-9-24(10-14-26)29(34)27-28(23-7-11-25(12-8-23)38-19-4-2)33(31(36)30(27)35)16-6-15-32-17-21-37-22-18-32/h4,7-14,28,34H,2-3,5-6,15-22H2,1H3/b29-27+. The van der Waals surface area contributed by atoms with Crippen LogP contribution in [0.25, 0.3) is 5.76 Å². The highest BCUT2D eigenvalue weighted by Crippen LogP contribution is 2.40. The van der Waals surface area contributed by atoms with E-state index in [-0.39, 0.29) is 11.3 Å². The van der Waals surface area contributed by atoms with Crippen LogP contribution in [0.2, 0.25) is 0 Å². The Kier molecular flexibility index (Phi) is 10.2. The van der Waals surface area contributed by atoms with Crippen molar-refractivity contribution in [1.82, 2.24) is 9.80 Å². The summed E-state index contributed by atoms with van der Waals surface area (Å²) >= 11 is 0. The number of benzene rings is 2. The normalized spacial score (nSPS) is 19.3. The fourth-order valence-corrected chi connectivity index (χ4v) is 4.85. The molecule has 1 unspecified atom stereocenters. The molecule has 2 aromatic rings. The third kappa shape index (κ3) is 7.07. The Morgan fingerprint density at radius 1 is 1.00 bits per heavy atom. The monoisotopic (exact) mass is 534 g/mol. The van der Waals surface area contributed by atoms with Crippen LogP contribution < -0.4 is 9.47 Å². The first-order valence-electron chi connectivity index (χ1n) is 13.7. The van der Waals surface area contributed by atoms with Gasteiger partial charge < -0.3 is 24.2 Å². The molecule has 8 nitrogen and oxygen atoms in total. The van der Waals surface area contributed by atoms with E-state index in [0.717, 1.165) is 38.0 Å². The number of rotatable bonds is 13. The molecule has 0 radical (unpaired) electrons. The van der Waals surface area contributed by atoms with Crippen molar-refractivity contribution in [3.8, 4) is 11.5 Å². The van der Waals surface area contributed by atoms with E-state index < -0.39 is 17.7 Å². The first kappa shape index (κ1) is 28.4. The fraction of sp³-hybridized carbons (Fsp3) is 0.419. The number of unbranched alkanes of at least 4 members (excludes halogenated alkanes) is 1. The lowest BCUT2D eigenvalue weighted by Crippen LogP contribution is -2.38. The molecular formula is C31H38N2O6. The molecule has 0 aromatic heterocycles. The second-order valence-corrected chi connectivity index (χ2v) is 9.70. The molecule has 0 bridgehead atoms. The molecular weight excluding hydrogens is 496 g/mol. The number of carbonyl (C=O) groups excluding carboxylic acids is 2.